The Kier molecular flexibility index (Phi) is 4.64. The van der Waals surface area contributed by atoms with Crippen LogP contribution in [0.1, 0.15) is 15.9 Å². The van der Waals surface area contributed by atoms with E-state index in [0.29, 0.717) is 22.1 Å². The summed E-state index contributed by atoms with van der Waals surface area (Å²) in [4.78, 5) is 19.3. The monoisotopic (exact) mass is 380 g/mol. The number of benzene rings is 2. The summed E-state index contributed by atoms with van der Waals surface area (Å²) in [7, 11) is 3.00. The molecule has 0 aliphatic carbocycles. The minimum Gasteiger partial charge on any atom is -0.497 e. The Balaban J connectivity index is 1.54. The van der Waals surface area contributed by atoms with Gasteiger partial charge in [0.2, 0.25) is 5.16 Å². The van der Waals surface area contributed by atoms with E-state index in [2.05, 4.69) is 20.2 Å². The van der Waals surface area contributed by atoms with Gasteiger partial charge < -0.3 is 14.5 Å². The summed E-state index contributed by atoms with van der Waals surface area (Å²) < 4.78 is 9.97. The maximum atomic E-state index is 11.5. The Bertz CT molecular complexity index is 1130. The van der Waals surface area contributed by atoms with E-state index in [0.717, 1.165) is 27.7 Å². The van der Waals surface area contributed by atoms with Crippen molar-refractivity contribution < 1.29 is 14.3 Å². The SMILES string of the molecule is COC(=O)c1ccc(CSc2nnc3c(n2)[nH]c2ccc(OC)cc23)cc1. The predicted octanol–water partition coefficient (Wildman–Crippen LogP) is 3.59. The maximum absolute atomic E-state index is 11.5. The Morgan fingerprint density at radius 2 is 1.93 bits per heavy atom. The van der Waals surface area contributed by atoms with E-state index in [-0.39, 0.29) is 5.97 Å². The molecule has 0 saturated carbocycles. The zero-order valence-electron chi connectivity index (χ0n) is 14.7. The van der Waals surface area contributed by atoms with Gasteiger partial charge in [-0.3, -0.25) is 0 Å². The van der Waals surface area contributed by atoms with Crippen LogP contribution in [-0.2, 0) is 10.5 Å². The number of thioether (sulfide) groups is 1. The summed E-state index contributed by atoms with van der Waals surface area (Å²) in [6.07, 6.45) is 0. The molecule has 27 heavy (non-hydrogen) atoms. The van der Waals surface area contributed by atoms with E-state index >= 15 is 0 Å². The summed E-state index contributed by atoms with van der Waals surface area (Å²) in [6.45, 7) is 0. The molecule has 0 aliphatic rings. The third kappa shape index (κ3) is 3.43. The Hall–Kier alpha value is -3.13. The number of esters is 1. The van der Waals surface area contributed by atoms with Gasteiger partial charge >= 0.3 is 5.97 Å². The van der Waals surface area contributed by atoms with Crippen molar-refractivity contribution in [1.29, 1.82) is 0 Å². The van der Waals surface area contributed by atoms with Crippen LogP contribution >= 0.6 is 11.8 Å². The lowest BCUT2D eigenvalue weighted by molar-refractivity contribution is 0.0600. The summed E-state index contributed by atoms with van der Waals surface area (Å²) in [6, 6.07) is 13.0. The highest BCUT2D eigenvalue weighted by molar-refractivity contribution is 7.98. The fraction of sp³-hybridized carbons (Fsp3) is 0.158. The summed E-state index contributed by atoms with van der Waals surface area (Å²) in [5, 5.41) is 10.1. The molecule has 0 aliphatic heterocycles. The second-order valence-electron chi connectivity index (χ2n) is 5.81. The minimum absolute atomic E-state index is 0.345. The van der Waals surface area contributed by atoms with E-state index in [1.54, 1.807) is 19.2 Å². The van der Waals surface area contributed by atoms with E-state index < -0.39 is 0 Å². The van der Waals surface area contributed by atoms with Crippen LogP contribution in [0, 0.1) is 0 Å². The third-order valence-corrected chi connectivity index (χ3v) is 5.05. The zero-order valence-corrected chi connectivity index (χ0v) is 15.5. The molecule has 4 aromatic rings. The smallest absolute Gasteiger partial charge is 0.337 e. The Morgan fingerprint density at radius 3 is 2.67 bits per heavy atom. The van der Waals surface area contributed by atoms with Crippen molar-refractivity contribution in [3.05, 3.63) is 53.6 Å². The Labute approximate surface area is 159 Å². The zero-order chi connectivity index (χ0) is 18.8. The standard InChI is InChI=1S/C19H16N4O3S/c1-25-13-7-8-15-14(9-13)16-17(20-15)21-19(23-22-16)27-10-11-3-5-12(6-4-11)18(24)26-2/h3-9H,10H2,1-2H3,(H,20,21,23). The number of nitrogens with one attached hydrogen (secondary N) is 1. The second-order valence-corrected chi connectivity index (χ2v) is 6.75. The molecule has 0 unspecified atom stereocenters. The molecule has 0 radical (unpaired) electrons. The molecule has 0 saturated heterocycles. The number of carbonyl (C=O) groups excluding carboxylic acids is 1. The first-order valence-electron chi connectivity index (χ1n) is 8.18. The number of nitrogens with zero attached hydrogens (tertiary/aromatic N) is 3. The first-order valence-corrected chi connectivity index (χ1v) is 9.16. The molecule has 0 atom stereocenters. The quantitative estimate of drug-likeness (QED) is 0.418. The van der Waals surface area contributed by atoms with Crippen LogP contribution < -0.4 is 4.74 Å². The highest BCUT2D eigenvalue weighted by atomic mass is 32.2. The fourth-order valence-electron chi connectivity index (χ4n) is 2.73. The molecule has 0 fully saturated rings. The van der Waals surface area contributed by atoms with Crippen LogP contribution in [0.15, 0.2) is 47.6 Å². The molecule has 2 heterocycles. The van der Waals surface area contributed by atoms with E-state index in [9.17, 15) is 4.79 Å². The van der Waals surface area contributed by atoms with Crippen molar-refractivity contribution in [2.24, 2.45) is 0 Å². The fourth-order valence-corrected chi connectivity index (χ4v) is 3.47. The molecular formula is C19H16N4O3S. The van der Waals surface area contributed by atoms with Crippen LogP contribution in [0.3, 0.4) is 0 Å². The van der Waals surface area contributed by atoms with Gasteiger partial charge in [-0.2, -0.15) is 0 Å². The number of hydrogen-bond donors (Lipinski definition) is 1. The molecular weight excluding hydrogens is 364 g/mol. The topological polar surface area (TPSA) is 90.0 Å². The van der Waals surface area contributed by atoms with Crippen LogP contribution in [0.5, 0.6) is 5.75 Å². The highest BCUT2D eigenvalue weighted by Gasteiger charge is 2.11. The largest absolute Gasteiger partial charge is 0.497 e. The van der Waals surface area contributed by atoms with Crippen LogP contribution in [0.25, 0.3) is 22.1 Å². The van der Waals surface area contributed by atoms with Gasteiger partial charge in [-0.05, 0) is 35.9 Å². The van der Waals surface area contributed by atoms with E-state index in [4.69, 9.17) is 9.47 Å². The van der Waals surface area contributed by atoms with Crippen molar-refractivity contribution in [2.45, 2.75) is 10.9 Å². The lowest BCUT2D eigenvalue weighted by atomic mass is 10.1. The molecule has 136 valence electrons. The van der Waals surface area contributed by atoms with Gasteiger partial charge in [-0.25, -0.2) is 9.78 Å². The number of aromatic amines is 1. The normalized spacial score (nSPS) is 11.0. The van der Waals surface area contributed by atoms with Crippen molar-refractivity contribution in [1.82, 2.24) is 20.2 Å². The lowest BCUT2D eigenvalue weighted by Crippen LogP contribution is -2.00. The second kappa shape index (κ2) is 7.24. The van der Waals surface area contributed by atoms with Crippen molar-refractivity contribution in [3.63, 3.8) is 0 Å². The summed E-state index contributed by atoms with van der Waals surface area (Å²) in [5.41, 5.74) is 3.93. The van der Waals surface area contributed by atoms with Gasteiger partial charge in [-0.1, -0.05) is 23.9 Å². The van der Waals surface area contributed by atoms with E-state index in [1.807, 2.05) is 30.3 Å². The summed E-state index contributed by atoms with van der Waals surface area (Å²) >= 11 is 1.48. The van der Waals surface area contributed by atoms with Gasteiger partial charge in [0, 0.05) is 16.7 Å². The number of carbonyl (C=O) groups is 1. The number of hydrogen-bond acceptors (Lipinski definition) is 7. The molecule has 0 spiro atoms. The molecule has 2 aromatic heterocycles. The van der Waals surface area contributed by atoms with Gasteiger partial charge in [0.05, 0.1) is 19.8 Å². The van der Waals surface area contributed by atoms with Gasteiger partial charge in [0.1, 0.15) is 11.3 Å². The third-order valence-electron chi connectivity index (χ3n) is 4.15. The number of ether oxygens (including phenoxy) is 2. The molecule has 8 heteroatoms. The van der Waals surface area contributed by atoms with Gasteiger partial charge in [0.15, 0.2) is 5.65 Å². The molecule has 2 aromatic carbocycles. The van der Waals surface area contributed by atoms with Crippen molar-refractivity contribution in [2.75, 3.05) is 14.2 Å². The molecule has 0 bridgehead atoms. The van der Waals surface area contributed by atoms with E-state index in [1.165, 1.54) is 18.9 Å². The number of aromatic nitrogens is 4. The molecule has 1 N–H and O–H groups in total. The first-order chi connectivity index (χ1) is 13.2. The number of H-pyrrole nitrogens is 1. The maximum Gasteiger partial charge on any atom is 0.337 e. The van der Waals surface area contributed by atoms with Crippen LogP contribution in [0.4, 0.5) is 0 Å². The van der Waals surface area contributed by atoms with Gasteiger partial charge in [-0.15, -0.1) is 10.2 Å². The minimum atomic E-state index is -0.345. The Morgan fingerprint density at radius 1 is 1.11 bits per heavy atom. The van der Waals surface area contributed by atoms with Crippen LogP contribution in [0.2, 0.25) is 0 Å². The predicted molar refractivity (Wildman–Crippen MR) is 103 cm³/mol. The number of fused-ring (bicyclic) bond motifs is 3. The van der Waals surface area contributed by atoms with Crippen molar-refractivity contribution >= 4 is 39.8 Å². The average Bonchev–Trinajstić information content (AvgIpc) is 3.08. The lowest BCUT2D eigenvalue weighted by Gasteiger charge is -2.02. The van der Waals surface area contributed by atoms with Crippen molar-refractivity contribution in [3.8, 4) is 5.75 Å². The average molecular weight is 380 g/mol. The molecule has 7 nitrogen and oxygen atoms in total. The molecule has 0 amide bonds. The highest BCUT2D eigenvalue weighted by Crippen LogP contribution is 2.27. The number of methoxy groups -OCH3 is 2. The summed E-state index contributed by atoms with van der Waals surface area (Å²) in [5.74, 6) is 1.09. The van der Waals surface area contributed by atoms with Crippen LogP contribution in [-0.4, -0.2) is 40.4 Å². The van der Waals surface area contributed by atoms with Gasteiger partial charge in [0.25, 0.3) is 0 Å². The number of rotatable bonds is 5. The first kappa shape index (κ1) is 17.3. The molecule has 4 rings (SSSR count).